The third-order valence-electron chi connectivity index (χ3n) is 9.00. The highest BCUT2D eigenvalue weighted by molar-refractivity contribution is 6.07. The lowest BCUT2D eigenvalue weighted by molar-refractivity contribution is -0.123. The minimum absolute atomic E-state index is 0.00462. The molecule has 3 aromatic rings. The Hall–Kier alpha value is -4.40. The summed E-state index contributed by atoms with van der Waals surface area (Å²) in [6.07, 6.45) is 6.46. The van der Waals surface area contributed by atoms with Gasteiger partial charge in [0.25, 0.3) is 5.91 Å². The minimum atomic E-state index is -0.682. The Bertz CT molecular complexity index is 1600. The zero-order chi connectivity index (χ0) is 31.4. The standard InChI is InChI=1S/C35H41N3O6/c1-20-16-24(18-23-11-9-15-29(42-4)33(23)43-5)32-26(17-20)31(25-12-6-7-13-28(25)36-32)34(40)44-19-30(39)38-35(41)37-27-14-8-10-21(2)22(27)3/h6-7,9,11-13,15,18,20-22,27H,8,10,14,16-17,19H2,1-5H3,(H2,37,38,39,41)/b24-18+. The molecular weight excluding hydrogens is 558 g/mol. The Labute approximate surface area is 258 Å². The number of para-hydroxylation sites is 2. The van der Waals surface area contributed by atoms with Gasteiger partial charge in [0, 0.05) is 17.0 Å². The molecule has 0 bridgehead atoms. The zero-order valence-electron chi connectivity index (χ0n) is 26.1. The van der Waals surface area contributed by atoms with Crippen molar-refractivity contribution in [2.45, 2.75) is 58.9 Å². The fourth-order valence-electron chi connectivity index (χ4n) is 6.54. The Morgan fingerprint density at radius 2 is 1.77 bits per heavy atom. The van der Waals surface area contributed by atoms with Crippen molar-refractivity contribution < 1.29 is 28.6 Å². The van der Waals surface area contributed by atoms with Crippen LogP contribution in [0.4, 0.5) is 4.79 Å². The van der Waals surface area contributed by atoms with Crippen molar-refractivity contribution in [2.24, 2.45) is 17.8 Å². The molecule has 0 saturated heterocycles. The number of pyridine rings is 1. The van der Waals surface area contributed by atoms with Gasteiger partial charge in [-0.25, -0.2) is 14.6 Å². The number of amides is 3. The van der Waals surface area contributed by atoms with Gasteiger partial charge in [0.05, 0.1) is 31.0 Å². The van der Waals surface area contributed by atoms with Crippen LogP contribution in [0.2, 0.25) is 0 Å². The van der Waals surface area contributed by atoms with Crippen LogP contribution in [0, 0.1) is 17.8 Å². The number of hydrogen-bond acceptors (Lipinski definition) is 7. The number of urea groups is 1. The molecule has 1 aromatic heterocycles. The van der Waals surface area contributed by atoms with Crippen LogP contribution in [0.1, 0.15) is 73.6 Å². The summed E-state index contributed by atoms with van der Waals surface area (Å²) in [5, 5.41) is 5.89. The third kappa shape index (κ3) is 6.56. The molecule has 2 aromatic carbocycles. The molecule has 4 atom stereocenters. The molecule has 2 aliphatic rings. The number of carbonyl (C=O) groups is 3. The van der Waals surface area contributed by atoms with Crippen LogP contribution in [-0.4, -0.2) is 49.8 Å². The summed E-state index contributed by atoms with van der Waals surface area (Å²) in [4.78, 5) is 43.9. The largest absolute Gasteiger partial charge is 0.493 e. The zero-order valence-corrected chi connectivity index (χ0v) is 26.1. The number of nitrogens with zero attached hydrogens (tertiary/aromatic N) is 1. The second-order valence-electron chi connectivity index (χ2n) is 12.1. The average molecular weight is 600 g/mol. The number of benzene rings is 2. The number of aromatic nitrogens is 1. The Morgan fingerprint density at radius 3 is 2.55 bits per heavy atom. The third-order valence-corrected chi connectivity index (χ3v) is 9.00. The number of imide groups is 1. The first-order valence-corrected chi connectivity index (χ1v) is 15.3. The summed E-state index contributed by atoms with van der Waals surface area (Å²) in [5.74, 6) is 0.969. The summed E-state index contributed by atoms with van der Waals surface area (Å²) >= 11 is 0. The molecule has 1 saturated carbocycles. The lowest BCUT2D eigenvalue weighted by Crippen LogP contribution is -2.49. The number of nitrogens with one attached hydrogen (secondary N) is 2. The quantitative estimate of drug-likeness (QED) is 0.312. The van der Waals surface area contributed by atoms with Gasteiger partial charge in [-0.05, 0) is 66.4 Å². The van der Waals surface area contributed by atoms with E-state index in [9.17, 15) is 14.4 Å². The lowest BCUT2D eigenvalue weighted by Gasteiger charge is -2.34. The van der Waals surface area contributed by atoms with Crippen molar-refractivity contribution in [1.29, 1.82) is 0 Å². The van der Waals surface area contributed by atoms with Gasteiger partial charge in [0.1, 0.15) is 0 Å². The summed E-state index contributed by atoms with van der Waals surface area (Å²) in [7, 11) is 3.20. The first-order chi connectivity index (χ1) is 21.2. The Morgan fingerprint density at radius 1 is 0.977 bits per heavy atom. The molecule has 9 nitrogen and oxygen atoms in total. The molecule has 1 fully saturated rings. The molecule has 3 amide bonds. The van der Waals surface area contributed by atoms with Crippen molar-refractivity contribution in [3.63, 3.8) is 0 Å². The number of allylic oxidation sites excluding steroid dienone is 1. The predicted molar refractivity (Wildman–Crippen MR) is 170 cm³/mol. The molecule has 0 aliphatic heterocycles. The molecule has 2 N–H and O–H groups in total. The van der Waals surface area contributed by atoms with Gasteiger partial charge >= 0.3 is 12.0 Å². The summed E-state index contributed by atoms with van der Waals surface area (Å²) in [6, 6.07) is 12.6. The molecule has 0 radical (unpaired) electrons. The van der Waals surface area contributed by atoms with Gasteiger partial charge in [-0.3, -0.25) is 10.1 Å². The van der Waals surface area contributed by atoms with Crippen molar-refractivity contribution in [3.05, 3.63) is 64.8 Å². The van der Waals surface area contributed by atoms with Crippen LogP contribution in [-0.2, 0) is 16.0 Å². The van der Waals surface area contributed by atoms with Crippen LogP contribution in [0.25, 0.3) is 22.6 Å². The Kier molecular flexibility index (Phi) is 9.52. The van der Waals surface area contributed by atoms with Gasteiger partial charge < -0.3 is 19.5 Å². The molecule has 232 valence electrons. The first kappa shape index (κ1) is 31.0. The summed E-state index contributed by atoms with van der Waals surface area (Å²) < 4.78 is 16.7. The number of rotatable bonds is 7. The highest BCUT2D eigenvalue weighted by atomic mass is 16.5. The number of ether oxygens (including phenoxy) is 3. The predicted octanol–water partition coefficient (Wildman–Crippen LogP) is 6.18. The van der Waals surface area contributed by atoms with Gasteiger partial charge in [-0.2, -0.15) is 0 Å². The molecule has 0 spiro atoms. The smallest absolute Gasteiger partial charge is 0.339 e. The monoisotopic (exact) mass is 599 g/mol. The normalized spacial score (nSPS) is 22.2. The van der Waals surface area contributed by atoms with Gasteiger partial charge in [0.2, 0.25) is 0 Å². The van der Waals surface area contributed by atoms with E-state index in [0.717, 1.165) is 48.1 Å². The van der Waals surface area contributed by atoms with Crippen LogP contribution in [0.15, 0.2) is 42.5 Å². The van der Waals surface area contributed by atoms with Crippen molar-refractivity contribution >= 4 is 40.5 Å². The van der Waals surface area contributed by atoms with Crippen LogP contribution < -0.4 is 20.1 Å². The van der Waals surface area contributed by atoms with E-state index in [-0.39, 0.29) is 12.0 Å². The van der Waals surface area contributed by atoms with Gasteiger partial charge in [-0.15, -0.1) is 0 Å². The molecule has 9 heteroatoms. The van der Waals surface area contributed by atoms with Gasteiger partial charge in [0.15, 0.2) is 18.1 Å². The second kappa shape index (κ2) is 13.5. The van der Waals surface area contributed by atoms with Crippen LogP contribution in [0.5, 0.6) is 11.5 Å². The molecule has 4 unspecified atom stereocenters. The van der Waals surface area contributed by atoms with Crippen LogP contribution in [0.3, 0.4) is 0 Å². The van der Waals surface area contributed by atoms with E-state index in [1.54, 1.807) is 14.2 Å². The number of esters is 1. The topological polar surface area (TPSA) is 116 Å². The molecule has 5 rings (SSSR count). The molecular formula is C35H41N3O6. The van der Waals surface area contributed by atoms with Crippen molar-refractivity contribution in [1.82, 2.24) is 15.6 Å². The average Bonchev–Trinajstić information content (AvgIpc) is 3.01. The van der Waals surface area contributed by atoms with Crippen molar-refractivity contribution in [3.8, 4) is 11.5 Å². The first-order valence-electron chi connectivity index (χ1n) is 15.3. The number of methoxy groups -OCH3 is 2. The van der Waals surface area contributed by atoms with Crippen LogP contribution >= 0.6 is 0 Å². The maximum Gasteiger partial charge on any atom is 0.339 e. The number of fused-ring (bicyclic) bond motifs is 2. The maximum atomic E-state index is 13.7. The minimum Gasteiger partial charge on any atom is -0.493 e. The maximum absolute atomic E-state index is 13.7. The van der Waals surface area contributed by atoms with Gasteiger partial charge in [-0.1, -0.05) is 63.9 Å². The van der Waals surface area contributed by atoms with E-state index in [4.69, 9.17) is 19.2 Å². The van der Waals surface area contributed by atoms with E-state index < -0.39 is 24.5 Å². The SMILES string of the molecule is COc1cccc(/C=C2\CC(C)Cc3c2nc2ccccc2c3C(=O)OCC(=O)NC(=O)NC2CCCC(C)C2C)c1OC. The van der Waals surface area contributed by atoms with E-state index >= 15 is 0 Å². The van der Waals surface area contributed by atoms with E-state index in [1.165, 1.54) is 0 Å². The van der Waals surface area contributed by atoms with E-state index in [2.05, 4.69) is 31.4 Å². The Balaban J connectivity index is 1.40. The molecule has 44 heavy (non-hydrogen) atoms. The summed E-state index contributed by atoms with van der Waals surface area (Å²) in [5.41, 5.74) is 4.34. The highest BCUT2D eigenvalue weighted by Crippen LogP contribution is 2.41. The van der Waals surface area contributed by atoms with Crippen molar-refractivity contribution in [2.75, 3.05) is 20.8 Å². The lowest BCUT2D eigenvalue weighted by atomic mass is 9.78. The number of hydrogen-bond donors (Lipinski definition) is 2. The van der Waals surface area contributed by atoms with E-state index in [1.807, 2.05) is 48.5 Å². The molecule has 2 aliphatic carbocycles. The fraction of sp³-hybridized carbons (Fsp3) is 0.429. The van der Waals surface area contributed by atoms with E-state index in [0.29, 0.717) is 46.2 Å². The fourth-order valence-corrected chi connectivity index (χ4v) is 6.54. The highest BCUT2D eigenvalue weighted by Gasteiger charge is 2.31. The molecule has 1 heterocycles. The second-order valence-corrected chi connectivity index (χ2v) is 12.1. The summed E-state index contributed by atoms with van der Waals surface area (Å²) in [6.45, 7) is 5.85. The number of carbonyl (C=O) groups excluding carboxylic acids is 3.